The summed E-state index contributed by atoms with van der Waals surface area (Å²) in [5, 5.41) is 11.2. The van der Waals surface area contributed by atoms with Gasteiger partial charge in [0.15, 0.2) is 0 Å². The van der Waals surface area contributed by atoms with Crippen LogP contribution in [0.25, 0.3) is 0 Å². The summed E-state index contributed by atoms with van der Waals surface area (Å²) in [6.07, 6.45) is 5.01. The molecule has 1 aliphatic heterocycles. The number of carbonyl (C=O) groups is 5. The molecule has 216 valence electrons. The topological polar surface area (TPSA) is 149 Å². The maximum atomic E-state index is 12.6. The molecule has 12 nitrogen and oxygen atoms in total. The number of amides is 4. The zero-order valence-electron chi connectivity index (χ0n) is 22.9. The second-order valence-corrected chi connectivity index (χ2v) is 9.59. The Bertz CT molecular complexity index is 937. The number of imide groups is 1. The highest BCUT2D eigenvalue weighted by Gasteiger charge is 2.24. The second kappa shape index (κ2) is 18.2. The standard InChI is InChI=1S/C27H42N6O6/c1-3-5-25(27(38)30-20-36)32(2)16-23-21(17-34)6-4-7-24(23)31-26(37)18-39-15-11-28-10-14-33-12-8-22(9-13-33)29-19-35/h4,6-7,17,19-20,22,25,28H,3,5,8-16,18H2,1-2H3,(H,29,35)(H,31,37)(H,30,36,38). The highest BCUT2D eigenvalue weighted by molar-refractivity contribution is 5.94. The van der Waals surface area contributed by atoms with Crippen molar-refractivity contribution in [3.05, 3.63) is 29.3 Å². The lowest BCUT2D eigenvalue weighted by atomic mass is 10.0. The van der Waals surface area contributed by atoms with Gasteiger partial charge in [0.1, 0.15) is 12.9 Å². The third-order valence-electron chi connectivity index (χ3n) is 6.77. The molecule has 12 heteroatoms. The molecule has 0 aromatic heterocycles. The number of ether oxygens (including phenoxy) is 1. The second-order valence-electron chi connectivity index (χ2n) is 9.59. The molecule has 0 aliphatic carbocycles. The van der Waals surface area contributed by atoms with Gasteiger partial charge >= 0.3 is 0 Å². The molecule has 0 radical (unpaired) electrons. The van der Waals surface area contributed by atoms with E-state index in [0.29, 0.717) is 49.1 Å². The lowest BCUT2D eigenvalue weighted by molar-refractivity contribution is -0.129. The molecule has 1 aromatic rings. The van der Waals surface area contributed by atoms with Crippen molar-refractivity contribution < 1.29 is 28.7 Å². The van der Waals surface area contributed by atoms with E-state index in [9.17, 15) is 24.0 Å². The Hall–Kier alpha value is -3.19. The highest BCUT2D eigenvalue weighted by atomic mass is 16.5. The molecule has 1 heterocycles. The molecule has 1 aliphatic rings. The number of aldehydes is 1. The molecule has 1 unspecified atom stereocenters. The summed E-state index contributed by atoms with van der Waals surface area (Å²) in [4.78, 5) is 62.0. The molecular weight excluding hydrogens is 504 g/mol. The van der Waals surface area contributed by atoms with Gasteiger partial charge in [-0.3, -0.25) is 34.2 Å². The number of piperidine rings is 1. The van der Waals surface area contributed by atoms with E-state index >= 15 is 0 Å². The molecule has 2 rings (SSSR count). The monoisotopic (exact) mass is 546 g/mol. The number of hydrogen-bond acceptors (Lipinski definition) is 9. The number of benzene rings is 1. The molecule has 0 spiro atoms. The number of carbonyl (C=O) groups excluding carboxylic acids is 5. The summed E-state index contributed by atoms with van der Waals surface area (Å²) >= 11 is 0. The van der Waals surface area contributed by atoms with Crippen molar-refractivity contribution in [3.8, 4) is 0 Å². The number of nitrogens with zero attached hydrogens (tertiary/aromatic N) is 2. The van der Waals surface area contributed by atoms with E-state index < -0.39 is 11.9 Å². The van der Waals surface area contributed by atoms with Gasteiger partial charge in [-0.25, -0.2) is 0 Å². The normalized spacial score (nSPS) is 14.9. The van der Waals surface area contributed by atoms with Crippen molar-refractivity contribution in [1.82, 2.24) is 25.8 Å². The van der Waals surface area contributed by atoms with Gasteiger partial charge < -0.3 is 25.6 Å². The van der Waals surface area contributed by atoms with Gasteiger partial charge in [0.25, 0.3) is 0 Å². The largest absolute Gasteiger partial charge is 0.370 e. The number of anilines is 1. The maximum Gasteiger partial charge on any atom is 0.250 e. The van der Waals surface area contributed by atoms with E-state index in [0.717, 1.165) is 51.9 Å². The third kappa shape index (κ3) is 11.2. The SMILES string of the molecule is CCCC(C(=O)NC=O)N(C)Cc1c(C=O)cccc1NC(=O)COCCNCCN1CCC(NC=O)CC1. The Morgan fingerprint density at radius 1 is 1.15 bits per heavy atom. The number of likely N-dealkylation sites (N-methyl/N-ethyl adjacent to an activating group) is 1. The van der Waals surface area contributed by atoms with Gasteiger partial charge in [0.2, 0.25) is 24.6 Å². The molecule has 1 fully saturated rings. The summed E-state index contributed by atoms with van der Waals surface area (Å²) in [5.41, 5.74) is 1.45. The highest BCUT2D eigenvalue weighted by Crippen LogP contribution is 2.22. The van der Waals surface area contributed by atoms with Crippen LogP contribution in [0.1, 0.15) is 48.5 Å². The van der Waals surface area contributed by atoms with Crippen LogP contribution in [0, 0.1) is 0 Å². The number of hydrogen-bond donors (Lipinski definition) is 4. The van der Waals surface area contributed by atoms with Crippen molar-refractivity contribution in [2.45, 2.75) is 51.2 Å². The van der Waals surface area contributed by atoms with Gasteiger partial charge in [-0.2, -0.15) is 0 Å². The van der Waals surface area contributed by atoms with E-state index in [1.807, 2.05) is 6.92 Å². The Balaban J connectivity index is 1.78. The molecule has 1 aromatic carbocycles. The van der Waals surface area contributed by atoms with E-state index in [4.69, 9.17) is 4.74 Å². The van der Waals surface area contributed by atoms with Crippen molar-refractivity contribution in [2.75, 3.05) is 58.3 Å². The average molecular weight is 547 g/mol. The van der Waals surface area contributed by atoms with E-state index in [2.05, 4.69) is 26.2 Å². The molecule has 4 N–H and O–H groups in total. The lowest BCUT2D eigenvalue weighted by Gasteiger charge is -2.31. The van der Waals surface area contributed by atoms with Gasteiger partial charge in [-0.05, 0) is 32.4 Å². The molecular formula is C27H42N6O6. The number of likely N-dealkylation sites (tertiary alicyclic amines) is 1. The van der Waals surface area contributed by atoms with Crippen LogP contribution >= 0.6 is 0 Å². The zero-order valence-corrected chi connectivity index (χ0v) is 22.9. The average Bonchev–Trinajstić information content (AvgIpc) is 2.93. The minimum atomic E-state index is -0.564. The molecule has 0 bridgehead atoms. The first-order valence-electron chi connectivity index (χ1n) is 13.4. The Labute approximate surface area is 230 Å². The van der Waals surface area contributed by atoms with Gasteiger partial charge in [0, 0.05) is 62.1 Å². The number of nitrogens with one attached hydrogen (secondary N) is 4. The summed E-state index contributed by atoms with van der Waals surface area (Å²) in [6.45, 7) is 6.62. The minimum Gasteiger partial charge on any atom is -0.370 e. The smallest absolute Gasteiger partial charge is 0.250 e. The Morgan fingerprint density at radius 2 is 1.92 bits per heavy atom. The minimum absolute atomic E-state index is 0.139. The quantitative estimate of drug-likeness (QED) is 0.140. The van der Waals surface area contributed by atoms with Crippen LogP contribution in [0.2, 0.25) is 0 Å². The fraction of sp³-hybridized carbons (Fsp3) is 0.593. The van der Waals surface area contributed by atoms with Crippen molar-refractivity contribution in [2.24, 2.45) is 0 Å². The van der Waals surface area contributed by atoms with Crippen molar-refractivity contribution in [1.29, 1.82) is 0 Å². The van der Waals surface area contributed by atoms with Crippen LogP contribution in [0.4, 0.5) is 5.69 Å². The third-order valence-corrected chi connectivity index (χ3v) is 6.77. The summed E-state index contributed by atoms with van der Waals surface area (Å²) in [7, 11) is 1.74. The van der Waals surface area contributed by atoms with E-state index in [1.165, 1.54) is 0 Å². The van der Waals surface area contributed by atoms with Crippen molar-refractivity contribution >= 4 is 36.6 Å². The zero-order chi connectivity index (χ0) is 28.5. The summed E-state index contributed by atoms with van der Waals surface area (Å²) in [6, 6.07) is 4.74. The van der Waals surface area contributed by atoms with Gasteiger partial charge in [-0.1, -0.05) is 25.5 Å². The fourth-order valence-corrected chi connectivity index (χ4v) is 4.62. The molecule has 4 amide bonds. The Morgan fingerprint density at radius 3 is 2.59 bits per heavy atom. The first-order valence-corrected chi connectivity index (χ1v) is 13.4. The van der Waals surface area contributed by atoms with Gasteiger partial charge in [-0.15, -0.1) is 0 Å². The lowest BCUT2D eigenvalue weighted by Crippen LogP contribution is -2.44. The van der Waals surface area contributed by atoms with E-state index in [-0.39, 0.29) is 25.1 Å². The summed E-state index contributed by atoms with van der Waals surface area (Å²) in [5.74, 6) is -0.764. The predicted octanol–water partition coefficient (Wildman–Crippen LogP) is 0.127. The maximum absolute atomic E-state index is 12.6. The Kier molecular flexibility index (Phi) is 14.9. The molecule has 1 atom stereocenters. The van der Waals surface area contributed by atoms with Crippen LogP contribution in [-0.2, 0) is 30.5 Å². The van der Waals surface area contributed by atoms with Crippen LogP contribution in [0.5, 0.6) is 0 Å². The van der Waals surface area contributed by atoms with Gasteiger partial charge in [0.05, 0.1) is 12.6 Å². The molecule has 39 heavy (non-hydrogen) atoms. The van der Waals surface area contributed by atoms with Crippen LogP contribution in [0.3, 0.4) is 0 Å². The van der Waals surface area contributed by atoms with Crippen LogP contribution in [0.15, 0.2) is 18.2 Å². The van der Waals surface area contributed by atoms with Crippen molar-refractivity contribution in [3.63, 3.8) is 0 Å². The first kappa shape index (κ1) is 32.0. The first-order chi connectivity index (χ1) is 18.9. The molecule has 0 saturated carbocycles. The fourth-order valence-electron chi connectivity index (χ4n) is 4.62. The number of rotatable bonds is 19. The van der Waals surface area contributed by atoms with Crippen LogP contribution in [-0.4, -0.2) is 106 Å². The summed E-state index contributed by atoms with van der Waals surface area (Å²) < 4.78 is 5.51. The predicted molar refractivity (Wildman–Crippen MR) is 147 cm³/mol. The van der Waals surface area contributed by atoms with Crippen LogP contribution < -0.4 is 21.3 Å². The molecule has 1 saturated heterocycles. The van der Waals surface area contributed by atoms with E-state index in [1.54, 1.807) is 30.1 Å².